The second kappa shape index (κ2) is 6.08. The molecular weight excluding hydrogens is 292 g/mol. The molecule has 23 heavy (non-hydrogen) atoms. The van der Waals surface area contributed by atoms with E-state index in [2.05, 4.69) is 15.4 Å². The fourth-order valence-electron chi connectivity index (χ4n) is 2.55. The van der Waals surface area contributed by atoms with E-state index in [1.54, 1.807) is 18.0 Å². The quantitative estimate of drug-likeness (QED) is 0.803. The van der Waals surface area contributed by atoms with Crippen LogP contribution in [0.25, 0.3) is 11.0 Å². The molecule has 3 rings (SSSR count). The molecule has 118 valence electrons. The van der Waals surface area contributed by atoms with Crippen LogP contribution in [-0.4, -0.2) is 27.8 Å². The summed E-state index contributed by atoms with van der Waals surface area (Å²) < 4.78 is 6.90. The highest BCUT2D eigenvalue weighted by Crippen LogP contribution is 2.19. The van der Waals surface area contributed by atoms with Gasteiger partial charge in [-0.05, 0) is 30.7 Å². The van der Waals surface area contributed by atoms with Crippen LogP contribution in [-0.2, 0) is 18.3 Å². The Morgan fingerprint density at radius 1 is 1.35 bits per heavy atom. The molecule has 0 atom stereocenters. The monoisotopic (exact) mass is 310 g/mol. The number of nitrogens with one attached hydrogen (secondary N) is 1. The van der Waals surface area contributed by atoms with Crippen molar-refractivity contribution in [2.75, 3.05) is 12.4 Å². The lowest BCUT2D eigenvalue weighted by Gasteiger charge is -2.07. The number of carbonyl (C=O) groups excluding carboxylic acids is 1. The van der Waals surface area contributed by atoms with Crippen LogP contribution < -0.4 is 10.1 Å². The lowest BCUT2D eigenvalue weighted by atomic mass is 10.1. The Hall–Kier alpha value is -2.89. The van der Waals surface area contributed by atoms with E-state index < -0.39 is 0 Å². The first kappa shape index (κ1) is 15.0. The zero-order valence-corrected chi connectivity index (χ0v) is 13.3. The molecule has 3 aromatic rings. The lowest BCUT2D eigenvalue weighted by Crippen LogP contribution is -2.14. The normalized spacial score (nSPS) is 10.7. The summed E-state index contributed by atoms with van der Waals surface area (Å²) >= 11 is 0. The van der Waals surface area contributed by atoms with E-state index in [0.717, 1.165) is 28.0 Å². The van der Waals surface area contributed by atoms with Gasteiger partial charge in [0.25, 0.3) is 0 Å². The highest BCUT2D eigenvalue weighted by atomic mass is 16.5. The van der Waals surface area contributed by atoms with Crippen LogP contribution in [0.1, 0.15) is 11.3 Å². The van der Waals surface area contributed by atoms with Gasteiger partial charge < -0.3 is 10.1 Å². The molecule has 0 aliphatic heterocycles. The first-order valence-electron chi connectivity index (χ1n) is 7.29. The number of hydrogen-bond donors (Lipinski definition) is 1. The molecule has 0 aliphatic carbocycles. The van der Waals surface area contributed by atoms with Crippen LogP contribution in [0.2, 0.25) is 0 Å². The number of rotatable bonds is 4. The molecule has 1 aromatic carbocycles. The van der Waals surface area contributed by atoms with E-state index in [4.69, 9.17) is 4.74 Å². The molecule has 0 spiro atoms. The van der Waals surface area contributed by atoms with Gasteiger partial charge in [-0.2, -0.15) is 5.10 Å². The zero-order valence-electron chi connectivity index (χ0n) is 13.3. The molecule has 6 heteroatoms. The lowest BCUT2D eigenvalue weighted by molar-refractivity contribution is -0.115. The zero-order chi connectivity index (χ0) is 16.4. The van der Waals surface area contributed by atoms with E-state index >= 15 is 0 Å². The molecule has 0 saturated heterocycles. The number of aryl methyl sites for hydroxylation is 2. The third-order valence-corrected chi connectivity index (χ3v) is 3.65. The molecule has 1 N–H and O–H groups in total. The van der Waals surface area contributed by atoms with Gasteiger partial charge in [-0.25, -0.2) is 4.98 Å². The van der Waals surface area contributed by atoms with Gasteiger partial charge >= 0.3 is 0 Å². The average Bonchev–Trinajstić information content (AvgIpc) is 2.81. The van der Waals surface area contributed by atoms with E-state index in [-0.39, 0.29) is 12.3 Å². The summed E-state index contributed by atoms with van der Waals surface area (Å²) in [5, 5.41) is 8.14. The number of nitrogens with zero attached hydrogens (tertiary/aromatic N) is 3. The molecule has 0 aliphatic rings. The first-order valence-corrected chi connectivity index (χ1v) is 7.29. The van der Waals surface area contributed by atoms with Gasteiger partial charge in [0.2, 0.25) is 5.91 Å². The van der Waals surface area contributed by atoms with Crippen LogP contribution in [0.15, 0.2) is 36.5 Å². The number of benzene rings is 1. The number of amides is 1. The number of methoxy groups -OCH3 is 1. The average molecular weight is 310 g/mol. The highest BCUT2D eigenvalue weighted by molar-refractivity contribution is 5.94. The van der Waals surface area contributed by atoms with Gasteiger partial charge in [-0.3, -0.25) is 9.48 Å². The van der Waals surface area contributed by atoms with Crippen molar-refractivity contribution < 1.29 is 9.53 Å². The van der Waals surface area contributed by atoms with E-state index in [9.17, 15) is 4.79 Å². The smallest absolute Gasteiger partial charge is 0.228 e. The predicted octanol–water partition coefficient (Wildman–Crippen LogP) is 2.47. The van der Waals surface area contributed by atoms with Crippen LogP contribution >= 0.6 is 0 Å². The van der Waals surface area contributed by atoms with Crippen molar-refractivity contribution in [3.05, 3.63) is 47.8 Å². The van der Waals surface area contributed by atoms with Crippen molar-refractivity contribution in [1.82, 2.24) is 14.8 Å². The molecule has 1 amide bonds. The molecule has 0 fully saturated rings. The SMILES string of the molecule is COc1cccc(CC(=O)Nc2cnc3c(c2)c(C)nn3C)c1. The van der Waals surface area contributed by atoms with Gasteiger partial charge in [0, 0.05) is 12.4 Å². The fourth-order valence-corrected chi connectivity index (χ4v) is 2.55. The van der Waals surface area contributed by atoms with E-state index in [1.807, 2.05) is 44.3 Å². The number of anilines is 1. The Morgan fingerprint density at radius 2 is 2.17 bits per heavy atom. The predicted molar refractivity (Wildman–Crippen MR) is 88.6 cm³/mol. The summed E-state index contributed by atoms with van der Waals surface area (Å²) in [5.41, 5.74) is 3.25. The standard InChI is InChI=1S/C17H18N4O2/c1-11-15-9-13(10-18-17(15)21(2)20-11)19-16(22)8-12-5-4-6-14(7-12)23-3/h4-7,9-10H,8H2,1-3H3,(H,19,22). The van der Waals surface area contributed by atoms with Crippen molar-refractivity contribution in [2.24, 2.45) is 7.05 Å². The van der Waals surface area contributed by atoms with Crippen LogP contribution in [0.5, 0.6) is 5.75 Å². The number of carbonyl (C=O) groups is 1. The van der Waals surface area contributed by atoms with Gasteiger partial charge in [-0.15, -0.1) is 0 Å². The van der Waals surface area contributed by atoms with Crippen molar-refractivity contribution >= 4 is 22.6 Å². The maximum Gasteiger partial charge on any atom is 0.228 e. The number of fused-ring (bicyclic) bond motifs is 1. The summed E-state index contributed by atoms with van der Waals surface area (Å²) in [6.07, 6.45) is 1.92. The molecule has 2 aromatic heterocycles. The van der Waals surface area contributed by atoms with Crippen LogP contribution in [0.4, 0.5) is 5.69 Å². The Kier molecular flexibility index (Phi) is 3.97. The van der Waals surface area contributed by atoms with Gasteiger partial charge in [0.05, 0.1) is 31.1 Å². The summed E-state index contributed by atoms with van der Waals surface area (Å²) in [4.78, 5) is 16.6. The number of pyridine rings is 1. The molecule has 0 radical (unpaired) electrons. The van der Waals surface area contributed by atoms with E-state index in [0.29, 0.717) is 5.69 Å². The minimum Gasteiger partial charge on any atom is -0.497 e. The summed E-state index contributed by atoms with van der Waals surface area (Å²) in [5.74, 6) is 0.644. The largest absolute Gasteiger partial charge is 0.497 e. The van der Waals surface area contributed by atoms with Crippen LogP contribution in [0, 0.1) is 6.92 Å². The second-order valence-corrected chi connectivity index (χ2v) is 5.38. The number of hydrogen-bond acceptors (Lipinski definition) is 4. The van der Waals surface area contributed by atoms with Crippen molar-refractivity contribution in [2.45, 2.75) is 13.3 Å². The second-order valence-electron chi connectivity index (χ2n) is 5.38. The molecular formula is C17H18N4O2. The summed E-state index contributed by atoms with van der Waals surface area (Å²) in [6, 6.07) is 9.37. The Balaban J connectivity index is 1.76. The topological polar surface area (TPSA) is 69.0 Å². The Bertz CT molecular complexity index is 870. The highest BCUT2D eigenvalue weighted by Gasteiger charge is 2.09. The molecule has 0 bridgehead atoms. The van der Waals surface area contributed by atoms with Crippen molar-refractivity contribution in [1.29, 1.82) is 0 Å². The van der Waals surface area contributed by atoms with Gasteiger partial charge in [-0.1, -0.05) is 12.1 Å². The van der Waals surface area contributed by atoms with Crippen LogP contribution in [0.3, 0.4) is 0 Å². The number of aromatic nitrogens is 3. The minimum absolute atomic E-state index is 0.0963. The van der Waals surface area contributed by atoms with Gasteiger partial charge in [0.15, 0.2) is 5.65 Å². The van der Waals surface area contributed by atoms with Crippen molar-refractivity contribution in [3.8, 4) is 5.75 Å². The van der Waals surface area contributed by atoms with E-state index in [1.165, 1.54) is 0 Å². The van der Waals surface area contributed by atoms with Crippen molar-refractivity contribution in [3.63, 3.8) is 0 Å². The van der Waals surface area contributed by atoms with Gasteiger partial charge in [0.1, 0.15) is 5.75 Å². The number of ether oxygens (including phenoxy) is 1. The Morgan fingerprint density at radius 3 is 2.96 bits per heavy atom. The molecule has 0 unspecified atom stereocenters. The summed E-state index contributed by atoms with van der Waals surface area (Å²) in [6.45, 7) is 1.92. The maximum atomic E-state index is 12.2. The third kappa shape index (κ3) is 3.15. The fraction of sp³-hybridized carbons (Fsp3) is 0.235. The first-order chi connectivity index (χ1) is 11.1. The third-order valence-electron chi connectivity index (χ3n) is 3.65. The summed E-state index contributed by atoms with van der Waals surface area (Å²) in [7, 11) is 3.46. The molecule has 6 nitrogen and oxygen atoms in total. The molecule has 2 heterocycles. The maximum absolute atomic E-state index is 12.2. The minimum atomic E-state index is -0.0963. The Labute approximate surface area is 134 Å². The molecule has 0 saturated carbocycles.